The molecule has 6 fully saturated rings. The smallest absolute Gasteiger partial charge is 0.550 e. The average Bonchev–Trinajstić information content (AvgIpc) is 3.44. The number of hydrogen-bond donors (Lipinski definition) is 0. The Kier molecular flexibility index (Phi) is 5.47. The summed E-state index contributed by atoms with van der Waals surface area (Å²) in [6, 6.07) is 0. The van der Waals surface area contributed by atoms with Crippen molar-refractivity contribution in [2.24, 2.45) is 59.2 Å². The monoisotopic (exact) mass is 422 g/mol. The molecule has 10 unspecified atom stereocenters. The van der Waals surface area contributed by atoms with Gasteiger partial charge in [0.05, 0.1) is 0 Å². The van der Waals surface area contributed by atoms with E-state index in [4.69, 9.17) is 0 Å². The third-order valence-corrected chi connectivity index (χ3v) is 9.47. The summed E-state index contributed by atoms with van der Waals surface area (Å²) >= 11 is 0. The van der Waals surface area contributed by atoms with Crippen molar-refractivity contribution in [2.45, 2.75) is 64.2 Å². The van der Waals surface area contributed by atoms with Gasteiger partial charge in [0.15, 0.2) is 0 Å². The zero-order chi connectivity index (χ0) is 18.0. The third kappa shape index (κ3) is 3.11. The fourth-order valence-corrected chi connectivity index (χ4v) is 8.70. The van der Waals surface area contributed by atoms with Crippen LogP contribution in [0.4, 0.5) is 0 Å². The van der Waals surface area contributed by atoms with Crippen molar-refractivity contribution in [1.82, 2.24) is 0 Å². The minimum atomic E-state index is -0.778. The van der Waals surface area contributed by atoms with Gasteiger partial charge in [0, 0.05) is 23.8 Å². The number of carbonyl (C=O) groups is 2. The minimum absolute atomic E-state index is 0. The van der Waals surface area contributed by atoms with Crippen LogP contribution in [0.3, 0.4) is 0 Å². The van der Waals surface area contributed by atoms with E-state index in [-0.39, 0.29) is 31.3 Å². The molecular weight excluding hydrogens is 394 g/mol. The van der Waals surface area contributed by atoms with E-state index in [1.165, 1.54) is 38.5 Å². The number of carboxylic acids is 2. The van der Waals surface area contributed by atoms with Crippen LogP contribution >= 0.6 is 0 Å². The molecule has 6 rings (SSSR count). The Morgan fingerprint density at radius 2 is 0.926 bits per heavy atom. The van der Waals surface area contributed by atoms with Crippen molar-refractivity contribution in [3.05, 3.63) is 0 Å². The summed E-state index contributed by atoms with van der Waals surface area (Å²) in [6.07, 6.45) is 12.0. The summed E-state index contributed by atoms with van der Waals surface area (Å²) in [5.41, 5.74) is 0. The number of carbonyl (C=O) groups excluding carboxylic acids is 2. The first-order chi connectivity index (χ1) is 12.5. The Morgan fingerprint density at radius 1 is 0.556 bits per heavy atom. The van der Waals surface area contributed by atoms with E-state index < -0.39 is 11.9 Å². The molecule has 0 N–H and O–H groups in total. The van der Waals surface area contributed by atoms with Crippen molar-refractivity contribution in [2.75, 3.05) is 0 Å². The van der Waals surface area contributed by atoms with Crippen LogP contribution in [0.25, 0.3) is 0 Å². The standard InChI is InChI=1S/2C11H16O2.Zn/c2*12-11(13)9-4-3-8-6-1-2-7(5-6)10(8)9;/h2*6-10H,1-5H2,(H,12,13);/q;;+2/p-2. The van der Waals surface area contributed by atoms with Gasteiger partial charge in [-0.3, -0.25) is 0 Å². The van der Waals surface area contributed by atoms with Crippen LogP contribution in [0.5, 0.6) is 0 Å². The van der Waals surface area contributed by atoms with Gasteiger partial charge in [-0.1, -0.05) is 0 Å². The summed E-state index contributed by atoms with van der Waals surface area (Å²) < 4.78 is 0. The minimum Gasteiger partial charge on any atom is -0.550 e. The van der Waals surface area contributed by atoms with E-state index in [2.05, 4.69) is 0 Å². The van der Waals surface area contributed by atoms with Gasteiger partial charge in [0.25, 0.3) is 0 Å². The Bertz CT molecular complexity index is 555. The second-order valence-electron chi connectivity index (χ2n) is 10.2. The number of rotatable bonds is 2. The van der Waals surface area contributed by atoms with Crippen LogP contribution in [0.15, 0.2) is 0 Å². The molecule has 27 heavy (non-hydrogen) atoms. The predicted molar refractivity (Wildman–Crippen MR) is 91.1 cm³/mol. The molecule has 6 aliphatic rings. The Morgan fingerprint density at radius 3 is 1.30 bits per heavy atom. The first kappa shape index (κ1) is 19.9. The van der Waals surface area contributed by atoms with Gasteiger partial charge in [0.1, 0.15) is 0 Å². The maximum atomic E-state index is 10.9. The van der Waals surface area contributed by atoms with Crippen LogP contribution in [0.2, 0.25) is 0 Å². The molecule has 10 atom stereocenters. The average molecular weight is 424 g/mol. The molecule has 6 saturated carbocycles. The summed E-state index contributed by atoms with van der Waals surface area (Å²) in [5, 5.41) is 21.8. The molecule has 0 saturated heterocycles. The summed E-state index contributed by atoms with van der Waals surface area (Å²) in [5.74, 6) is 3.98. The summed E-state index contributed by atoms with van der Waals surface area (Å²) in [4.78, 5) is 21.8. The molecule has 0 aromatic carbocycles. The van der Waals surface area contributed by atoms with Crippen molar-refractivity contribution in [1.29, 1.82) is 0 Å². The Labute approximate surface area is 174 Å². The molecule has 0 radical (unpaired) electrons. The molecule has 144 valence electrons. The van der Waals surface area contributed by atoms with Crippen LogP contribution in [0, 0.1) is 59.2 Å². The quantitative estimate of drug-likeness (QED) is 0.632. The predicted octanol–water partition coefficient (Wildman–Crippen LogP) is 1.61. The molecule has 6 aliphatic carbocycles. The molecular formula is C22H30O4Zn. The third-order valence-electron chi connectivity index (χ3n) is 9.47. The zero-order valence-corrected chi connectivity index (χ0v) is 19.2. The Hall–Kier alpha value is -0.437. The molecule has 0 heterocycles. The summed E-state index contributed by atoms with van der Waals surface area (Å²) in [7, 11) is 0. The van der Waals surface area contributed by atoms with Crippen molar-refractivity contribution >= 4 is 11.9 Å². The number of aliphatic carboxylic acids is 2. The fourth-order valence-electron chi connectivity index (χ4n) is 8.70. The molecule has 5 heteroatoms. The van der Waals surface area contributed by atoms with E-state index in [0.29, 0.717) is 11.8 Å². The second-order valence-corrected chi connectivity index (χ2v) is 10.2. The summed E-state index contributed by atoms with van der Waals surface area (Å²) in [6.45, 7) is 0. The molecule has 0 aromatic rings. The second kappa shape index (κ2) is 7.43. The molecule has 0 aromatic heterocycles. The number of carboxylic acid groups (broad SMARTS) is 2. The normalized spacial score (nSPS) is 50.5. The first-order valence-electron chi connectivity index (χ1n) is 11.0. The van der Waals surface area contributed by atoms with Gasteiger partial charge >= 0.3 is 19.5 Å². The van der Waals surface area contributed by atoms with Gasteiger partial charge in [-0.05, 0) is 112 Å². The van der Waals surface area contributed by atoms with E-state index in [1.807, 2.05) is 0 Å². The molecule has 4 nitrogen and oxygen atoms in total. The molecule has 0 aliphatic heterocycles. The molecule has 4 bridgehead atoms. The first-order valence-corrected chi connectivity index (χ1v) is 11.0. The van der Waals surface area contributed by atoms with E-state index in [1.54, 1.807) is 0 Å². The van der Waals surface area contributed by atoms with Crippen molar-refractivity contribution < 1.29 is 39.3 Å². The molecule has 0 amide bonds. The van der Waals surface area contributed by atoms with E-state index in [9.17, 15) is 19.8 Å². The van der Waals surface area contributed by atoms with Crippen LogP contribution in [-0.4, -0.2) is 11.9 Å². The van der Waals surface area contributed by atoms with Crippen molar-refractivity contribution in [3.8, 4) is 0 Å². The Balaban J connectivity index is 0.000000129. The van der Waals surface area contributed by atoms with Gasteiger partial charge in [-0.2, -0.15) is 0 Å². The van der Waals surface area contributed by atoms with Crippen molar-refractivity contribution in [3.63, 3.8) is 0 Å². The van der Waals surface area contributed by atoms with Crippen LogP contribution in [-0.2, 0) is 29.1 Å². The molecule has 0 spiro atoms. The van der Waals surface area contributed by atoms with Gasteiger partial charge in [-0.25, -0.2) is 0 Å². The van der Waals surface area contributed by atoms with Gasteiger partial charge in [-0.15, -0.1) is 0 Å². The topological polar surface area (TPSA) is 80.3 Å². The van der Waals surface area contributed by atoms with Gasteiger partial charge in [0.2, 0.25) is 0 Å². The maximum absolute atomic E-state index is 10.9. The number of fused-ring (bicyclic) bond motifs is 10. The maximum Gasteiger partial charge on any atom is 2.00 e. The zero-order valence-electron chi connectivity index (χ0n) is 16.2. The fraction of sp³-hybridized carbons (Fsp3) is 0.909. The van der Waals surface area contributed by atoms with Crippen LogP contribution in [0.1, 0.15) is 64.2 Å². The number of hydrogen-bond acceptors (Lipinski definition) is 4. The van der Waals surface area contributed by atoms with E-state index in [0.717, 1.165) is 61.2 Å². The van der Waals surface area contributed by atoms with E-state index >= 15 is 0 Å². The van der Waals surface area contributed by atoms with Crippen LogP contribution < -0.4 is 10.2 Å². The van der Waals surface area contributed by atoms with Gasteiger partial charge < -0.3 is 19.8 Å². The largest absolute Gasteiger partial charge is 2.00 e. The SMILES string of the molecule is O=C([O-])C1CCC2C3CCC(C3)C12.O=C([O-])C1CCC2C3CCC(C3)C12.[Zn+2].